The lowest BCUT2D eigenvalue weighted by atomic mass is 9.99. The molecule has 0 radical (unpaired) electrons. The Morgan fingerprint density at radius 2 is 0.471 bits per heavy atom. The summed E-state index contributed by atoms with van der Waals surface area (Å²) in [6, 6.07) is 0. The van der Waals surface area contributed by atoms with E-state index in [1.165, 1.54) is 225 Å². The second-order valence-electron chi connectivity index (χ2n) is 31.3. The molecule has 19 heteroatoms. The van der Waals surface area contributed by atoms with Gasteiger partial charge < -0.3 is 33.8 Å². The molecule has 0 aromatic carbocycles. The van der Waals surface area contributed by atoms with Gasteiger partial charge in [0, 0.05) is 25.7 Å². The summed E-state index contributed by atoms with van der Waals surface area (Å²) in [5.41, 5.74) is 0. The minimum atomic E-state index is -4.96. The Hall–Kier alpha value is -1.94. The third kappa shape index (κ3) is 73.6. The largest absolute Gasteiger partial charge is 0.472 e. The van der Waals surface area contributed by atoms with Gasteiger partial charge in [-0.05, 0) is 49.4 Å². The van der Waals surface area contributed by atoms with Crippen molar-refractivity contribution in [3.63, 3.8) is 0 Å². The predicted octanol–water partition coefficient (Wildman–Crippen LogP) is 24.8. The van der Waals surface area contributed by atoms with Crippen molar-refractivity contribution >= 4 is 39.5 Å². The number of aliphatic hydroxyl groups excluding tert-OH is 1. The Bertz CT molecular complexity index is 1990. The standard InChI is InChI=1S/C83H162O17P2/c1-9-75(7)61-53-45-37-33-34-38-47-55-63-80(85)93-69-78(99-82(87)65-57-49-39-31-27-23-19-14-12-11-13-17-21-25-29-35-43-51-59-73(3)4)71-97-101(89,90)95-67-77(84)68-96-102(91,92)98-72-79(70-94-81(86)64-56-48-42-41-46-54-62-76(8)10-2)100-83(88)66-58-50-40-32-28-24-20-16-15-18-22-26-30-36-44-52-60-74(5)6/h73-79,84H,9-72H2,1-8H3,(H,89,90)(H,91,92)/t75?,76?,77-,78-,79-/m1/s1. The Morgan fingerprint density at radius 1 is 0.275 bits per heavy atom. The first-order valence-electron chi connectivity index (χ1n) is 42.8. The van der Waals surface area contributed by atoms with Crippen LogP contribution in [0.5, 0.6) is 0 Å². The maximum absolute atomic E-state index is 13.1. The van der Waals surface area contributed by atoms with Crippen molar-refractivity contribution in [2.24, 2.45) is 23.7 Å². The lowest BCUT2D eigenvalue weighted by Gasteiger charge is -2.21. The van der Waals surface area contributed by atoms with Crippen molar-refractivity contribution in [3.05, 3.63) is 0 Å². The van der Waals surface area contributed by atoms with Gasteiger partial charge in [0.1, 0.15) is 19.3 Å². The molecule has 0 saturated carbocycles. The molecule has 606 valence electrons. The van der Waals surface area contributed by atoms with Crippen LogP contribution in [0, 0.1) is 23.7 Å². The number of aliphatic hydroxyl groups is 1. The van der Waals surface area contributed by atoms with Gasteiger partial charge in [-0.3, -0.25) is 37.3 Å². The van der Waals surface area contributed by atoms with Crippen LogP contribution in [-0.2, 0) is 65.4 Å². The monoisotopic (exact) mass is 1490 g/mol. The number of phosphoric acid groups is 2. The minimum Gasteiger partial charge on any atom is -0.462 e. The van der Waals surface area contributed by atoms with Crippen LogP contribution in [0.4, 0.5) is 0 Å². The molecule has 0 fully saturated rings. The molecule has 0 saturated heterocycles. The van der Waals surface area contributed by atoms with Crippen LogP contribution in [0.25, 0.3) is 0 Å². The summed E-state index contributed by atoms with van der Waals surface area (Å²) in [7, 11) is -9.92. The summed E-state index contributed by atoms with van der Waals surface area (Å²) in [6.07, 6.45) is 59.8. The lowest BCUT2D eigenvalue weighted by Crippen LogP contribution is -2.30. The molecular weight excluding hydrogens is 1330 g/mol. The van der Waals surface area contributed by atoms with E-state index in [1.54, 1.807) is 0 Å². The van der Waals surface area contributed by atoms with Gasteiger partial charge in [-0.25, -0.2) is 9.13 Å². The van der Waals surface area contributed by atoms with Crippen LogP contribution >= 0.6 is 15.6 Å². The van der Waals surface area contributed by atoms with Crippen LogP contribution in [-0.4, -0.2) is 96.7 Å². The number of phosphoric ester groups is 2. The molecular formula is C83H162O17P2. The summed E-state index contributed by atoms with van der Waals surface area (Å²) in [5.74, 6) is 1.02. The van der Waals surface area contributed by atoms with E-state index in [0.29, 0.717) is 25.7 Å². The van der Waals surface area contributed by atoms with Crippen LogP contribution < -0.4 is 0 Å². The molecule has 0 bridgehead atoms. The maximum atomic E-state index is 13.1. The molecule has 0 heterocycles. The van der Waals surface area contributed by atoms with Crippen molar-refractivity contribution in [2.75, 3.05) is 39.6 Å². The first-order chi connectivity index (χ1) is 49.2. The zero-order valence-corrected chi connectivity index (χ0v) is 69.0. The molecule has 0 aromatic rings. The molecule has 0 aromatic heterocycles. The first-order valence-corrected chi connectivity index (χ1v) is 45.8. The van der Waals surface area contributed by atoms with E-state index in [4.69, 9.17) is 37.0 Å². The van der Waals surface area contributed by atoms with E-state index in [-0.39, 0.29) is 25.7 Å². The maximum Gasteiger partial charge on any atom is 0.472 e. The summed E-state index contributed by atoms with van der Waals surface area (Å²) in [4.78, 5) is 73.1. The highest BCUT2D eigenvalue weighted by molar-refractivity contribution is 7.47. The topological polar surface area (TPSA) is 237 Å². The number of hydrogen-bond acceptors (Lipinski definition) is 15. The average molecular weight is 1490 g/mol. The number of carbonyl (C=O) groups is 4. The highest BCUT2D eigenvalue weighted by Crippen LogP contribution is 2.45. The van der Waals surface area contributed by atoms with Crippen LogP contribution in [0.3, 0.4) is 0 Å². The molecule has 0 spiro atoms. The molecule has 0 aliphatic heterocycles. The molecule has 102 heavy (non-hydrogen) atoms. The predicted molar refractivity (Wildman–Crippen MR) is 418 cm³/mol. The summed E-state index contributed by atoms with van der Waals surface area (Å²) in [5, 5.41) is 10.7. The first kappa shape index (κ1) is 100. The van der Waals surface area contributed by atoms with E-state index in [2.05, 4.69) is 55.4 Å². The van der Waals surface area contributed by atoms with Gasteiger partial charge in [0.15, 0.2) is 12.2 Å². The summed E-state index contributed by atoms with van der Waals surface area (Å²) < 4.78 is 68.8. The molecule has 0 aliphatic rings. The lowest BCUT2D eigenvalue weighted by molar-refractivity contribution is -0.161. The van der Waals surface area contributed by atoms with Gasteiger partial charge in [-0.1, -0.05) is 376 Å². The Morgan fingerprint density at radius 3 is 0.696 bits per heavy atom. The highest BCUT2D eigenvalue weighted by Gasteiger charge is 2.30. The quantitative estimate of drug-likeness (QED) is 0.0222. The fraction of sp³-hybridized carbons (Fsp3) is 0.952. The number of ether oxygens (including phenoxy) is 4. The normalized spacial score (nSPS) is 14.5. The minimum absolute atomic E-state index is 0.107. The van der Waals surface area contributed by atoms with E-state index < -0.39 is 97.5 Å². The SMILES string of the molecule is CCC(C)CCCCCCCCCCC(=O)OC[C@H](COP(=O)(O)OC[C@@H](O)COP(=O)(O)OC[C@@H](COC(=O)CCCCCCCCC(C)CC)OC(=O)CCCCCCCCCCCCCCCCCCC(C)C)OC(=O)CCCCCCCCCCCCCCCCCCCCC(C)C. The van der Waals surface area contributed by atoms with Gasteiger partial charge in [-0.15, -0.1) is 0 Å². The second-order valence-corrected chi connectivity index (χ2v) is 34.2. The van der Waals surface area contributed by atoms with Gasteiger partial charge >= 0.3 is 39.5 Å². The number of esters is 4. The number of hydrogen-bond donors (Lipinski definition) is 3. The third-order valence-electron chi connectivity index (χ3n) is 20.0. The van der Waals surface area contributed by atoms with Gasteiger partial charge in [-0.2, -0.15) is 0 Å². The molecule has 0 amide bonds. The molecule has 17 nitrogen and oxygen atoms in total. The zero-order valence-electron chi connectivity index (χ0n) is 67.2. The molecule has 7 atom stereocenters. The smallest absolute Gasteiger partial charge is 0.462 e. The summed E-state index contributed by atoms with van der Waals surface area (Å²) in [6.45, 7) is 14.3. The van der Waals surface area contributed by atoms with Crippen LogP contribution in [0.15, 0.2) is 0 Å². The van der Waals surface area contributed by atoms with Crippen molar-refractivity contribution in [3.8, 4) is 0 Å². The fourth-order valence-electron chi connectivity index (χ4n) is 12.7. The van der Waals surface area contributed by atoms with E-state index >= 15 is 0 Å². The van der Waals surface area contributed by atoms with Crippen molar-refractivity contribution < 1.29 is 80.2 Å². The number of carbonyl (C=O) groups excluding carboxylic acids is 4. The van der Waals surface area contributed by atoms with Gasteiger partial charge in [0.05, 0.1) is 26.4 Å². The van der Waals surface area contributed by atoms with Crippen LogP contribution in [0.2, 0.25) is 0 Å². The molecule has 0 rings (SSSR count). The van der Waals surface area contributed by atoms with E-state index in [1.807, 2.05) is 0 Å². The van der Waals surface area contributed by atoms with Crippen molar-refractivity contribution in [1.29, 1.82) is 0 Å². The third-order valence-corrected chi connectivity index (χ3v) is 21.9. The molecule has 0 aliphatic carbocycles. The fourth-order valence-corrected chi connectivity index (χ4v) is 14.3. The molecule has 4 unspecified atom stereocenters. The Balaban J connectivity index is 5.20. The highest BCUT2D eigenvalue weighted by atomic mass is 31.2. The average Bonchev–Trinajstić information content (AvgIpc) is 0.905. The summed E-state index contributed by atoms with van der Waals surface area (Å²) >= 11 is 0. The second kappa shape index (κ2) is 72.0. The van der Waals surface area contributed by atoms with Crippen molar-refractivity contribution in [2.45, 2.75) is 446 Å². The van der Waals surface area contributed by atoms with Gasteiger partial charge in [0.25, 0.3) is 0 Å². The van der Waals surface area contributed by atoms with Gasteiger partial charge in [0.2, 0.25) is 0 Å². The van der Waals surface area contributed by atoms with E-state index in [9.17, 15) is 43.2 Å². The Kier molecular flexibility index (Phi) is 70.6. The molecule has 3 N–H and O–H groups in total. The van der Waals surface area contributed by atoms with Crippen molar-refractivity contribution in [1.82, 2.24) is 0 Å². The van der Waals surface area contributed by atoms with E-state index in [0.717, 1.165) is 120 Å². The number of rotatable bonds is 80. The number of unbranched alkanes of at least 4 members (excludes halogenated alkanes) is 44. The zero-order chi connectivity index (χ0) is 75.3. The van der Waals surface area contributed by atoms with Crippen LogP contribution in [0.1, 0.15) is 428 Å². The Labute approximate surface area is 626 Å².